The van der Waals surface area contributed by atoms with Crippen LogP contribution in [0, 0.1) is 0 Å². The lowest BCUT2D eigenvalue weighted by Crippen LogP contribution is -2.48. The predicted octanol–water partition coefficient (Wildman–Crippen LogP) is 3.47. The zero-order valence-electron chi connectivity index (χ0n) is 14.4. The van der Waals surface area contributed by atoms with Crippen LogP contribution in [0.4, 0.5) is 5.69 Å². The number of fused-ring (bicyclic) bond motifs is 1. The molecule has 0 aliphatic carbocycles. The fourth-order valence-electron chi connectivity index (χ4n) is 3.36. The van der Waals surface area contributed by atoms with Crippen LogP contribution in [0.1, 0.15) is 0 Å². The Labute approximate surface area is 168 Å². The van der Waals surface area contributed by atoms with Gasteiger partial charge in [0.05, 0.1) is 16.0 Å². The van der Waals surface area contributed by atoms with E-state index < -0.39 is 10.0 Å². The summed E-state index contributed by atoms with van der Waals surface area (Å²) in [5.74, 6) is 0. The Balaban J connectivity index is 1.55. The van der Waals surface area contributed by atoms with Crippen molar-refractivity contribution < 1.29 is 13.4 Å². The maximum Gasteiger partial charge on any atom is 0.243 e. The molecule has 1 saturated heterocycles. The van der Waals surface area contributed by atoms with E-state index in [0.29, 0.717) is 36.2 Å². The molecule has 0 unspecified atom stereocenters. The molecule has 1 aliphatic heterocycles. The average Bonchev–Trinajstić information content (AvgIpc) is 2.68. The van der Waals surface area contributed by atoms with Gasteiger partial charge in [0, 0.05) is 48.4 Å². The highest BCUT2D eigenvalue weighted by Crippen LogP contribution is 2.28. The van der Waals surface area contributed by atoms with Gasteiger partial charge in [0.1, 0.15) is 0 Å². The molecule has 0 saturated carbocycles. The Kier molecular flexibility index (Phi) is 4.99. The largest absolute Gasteiger partial charge is 0.368 e. The maximum absolute atomic E-state index is 12.8. The second-order valence-electron chi connectivity index (χ2n) is 6.40. The van der Waals surface area contributed by atoms with Crippen molar-refractivity contribution in [3.05, 3.63) is 64.8 Å². The Bertz CT molecular complexity index is 1080. The zero-order chi connectivity index (χ0) is 19.0. The number of sulfonamides is 1. The van der Waals surface area contributed by atoms with E-state index in [9.17, 15) is 8.42 Å². The van der Waals surface area contributed by atoms with Gasteiger partial charge in [-0.15, -0.1) is 0 Å². The molecule has 27 heavy (non-hydrogen) atoms. The fraction of sp³-hybridized carbons (Fsp3) is 0.211. The van der Waals surface area contributed by atoms with E-state index in [-0.39, 0.29) is 4.90 Å². The zero-order valence-corrected chi connectivity index (χ0v) is 16.7. The van der Waals surface area contributed by atoms with Gasteiger partial charge in [-0.1, -0.05) is 23.2 Å². The van der Waals surface area contributed by atoms with E-state index in [4.69, 9.17) is 23.2 Å². The summed E-state index contributed by atoms with van der Waals surface area (Å²) in [4.78, 5) is 5.68. The topological polar surface area (TPSA) is 54.8 Å². The van der Waals surface area contributed by atoms with Crippen LogP contribution in [0.3, 0.4) is 0 Å². The number of hydrogen-bond donors (Lipinski definition) is 0. The number of aromatic nitrogens is 1. The number of nitrogens with zero attached hydrogens (tertiary/aromatic N) is 2. The molecule has 1 aliphatic rings. The van der Waals surface area contributed by atoms with E-state index in [2.05, 4.69) is 9.88 Å². The van der Waals surface area contributed by atoms with Crippen molar-refractivity contribution in [1.29, 1.82) is 0 Å². The summed E-state index contributed by atoms with van der Waals surface area (Å²) in [6, 6.07) is 14.1. The molecule has 0 radical (unpaired) electrons. The number of piperazine rings is 1. The van der Waals surface area contributed by atoms with Crippen LogP contribution in [0.25, 0.3) is 10.9 Å². The lowest BCUT2D eigenvalue weighted by molar-refractivity contribution is -0.344. The molecule has 1 fully saturated rings. The molecule has 4 rings (SSSR count). The van der Waals surface area contributed by atoms with Crippen molar-refractivity contribution in [2.45, 2.75) is 4.90 Å². The van der Waals surface area contributed by atoms with Crippen LogP contribution in [-0.2, 0) is 10.0 Å². The van der Waals surface area contributed by atoms with Gasteiger partial charge in [0.15, 0.2) is 6.20 Å². The van der Waals surface area contributed by atoms with Crippen molar-refractivity contribution >= 4 is 49.8 Å². The highest BCUT2D eigenvalue weighted by atomic mass is 35.5. The van der Waals surface area contributed by atoms with Crippen molar-refractivity contribution in [3.63, 3.8) is 0 Å². The van der Waals surface area contributed by atoms with Crippen LogP contribution in [0.15, 0.2) is 59.6 Å². The molecule has 1 N–H and O–H groups in total. The lowest BCUT2D eigenvalue weighted by Gasteiger charge is -2.35. The quantitative estimate of drug-likeness (QED) is 0.648. The van der Waals surface area contributed by atoms with Gasteiger partial charge >= 0.3 is 0 Å². The van der Waals surface area contributed by atoms with Crippen molar-refractivity contribution in [1.82, 2.24) is 4.31 Å². The SMILES string of the molecule is O=S(=O)(c1ccc(Cl)cc1)N1CCN(c2cc[nH+]c3cc(Cl)ccc23)CC1. The predicted molar refractivity (Wildman–Crippen MR) is 108 cm³/mol. The van der Waals surface area contributed by atoms with Crippen molar-refractivity contribution in [2.75, 3.05) is 31.1 Å². The van der Waals surface area contributed by atoms with Crippen LogP contribution < -0.4 is 9.88 Å². The number of pyridine rings is 1. The van der Waals surface area contributed by atoms with E-state index in [1.807, 2.05) is 30.5 Å². The van der Waals surface area contributed by atoms with Crippen LogP contribution in [0.5, 0.6) is 0 Å². The van der Waals surface area contributed by atoms with E-state index in [1.165, 1.54) is 4.31 Å². The van der Waals surface area contributed by atoms with Gasteiger partial charge in [0.2, 0.25) is 15.5 Å². The normalized spacial score (nSPS) is 16.0. The highest BCUT2D eigenvalue weighted by Gasteiger charge is 2.29. The second kappa shape index (κ2) is 7.28. The summed E-state index contributed by atoms with van der Waals surface area (Å²) in [6.07, 6.45) is 1.88. The molecule has 5 nitrogen and oxygen atoms in total. The minimum Gasteiger partial charge on any atom is -0.368 e. The number of aromatic amines is 1. The fourth-order valence-corrected chi connectivity index (χ4v) is 5.08. The first-order chi connectivity index (χ1) is 12.9. The Hall–Kier alpha value is -1.86. The van der Waals surface area contributed by atoms with Gasteiger partial charge < -0.3 is 4.90 Å². The van der Waals surface area contributed by atoms with Gasteiger partial charge in [-0.05, 0) is 36.4 Å². The third-order valence-electron chi connectivity index (χ3n) is 4.77. The summed E-state index contributed by atoms with van der Waals surface area (Å²) in [5.41, 5.74) is 2.03. The van der Waals surface area contributed by atoms with E-state index in [1.54, 1.807) is 24.3 Å². The summed E-state index contributed by atoms with van der Waals surface area (Å²) < 4.78 is 27.2. The number of H-pyrrole nitrogens is 1. The molecule has 0 amide bonds. The summed E-state index contributed by atoms with van der Waals surface area (Å²) in [7, 11) is -3.51. The highest BCUT2D eigenvalue weighted by molar-refractivity contribution is 7.89. The minimum absolute atomic E-state index is 0.273. The van der Waals surface area contributed by atoms with Gasteiger partial charge in [0.25, 0.3) is 0 Å². The molecular formula is C19H18Cl2N3O2S+. The monoisotopic (exact) mass is 422 g/mol. The van der Waals surface area contributed by atoms with Crippen LogP contribution in [0.2, 0.25) is 10.0 Å². The first-order valence-electron chi connectivity index (χ1n) is 8.56. The smallest absolute Gasteiger partial charge is 0.243 e. The van der Waals surface area contributed by atoms with Crippen LogP contribution >= 0.6 is 23.2 Å². The Morgan fingerprint density at radius 1 is 0.852 bits per heavy atom. The number of nitrogens with one attached hydrogen (secondary N) is 1. The number of anilines is 1. The number of halogens is 2. The standard InChI is InChI=1S/C19H17Cl2N3O2S/c20-14-1-4-16(5-2-14)27(25,26)24-11-9-23(10-12-24)19-7-8-22-18-13-15(21)3-6-17(18)19/h1-8,13H,9-12H2/p+1. The molecule has 3 aromatic rings. The first kappa shape index (κ1) is 18.5. The lowest BCUT2D eigenvalue weighted by atomic mass is 10.1. The first-order valence-corrected chi connectivity index (χ1v) is 10.8. The third-order valence-corrected chi connectivity index (χ3v) is 7.17. The van der Waals surface area contributed by atoms with E-state index >= 15 is 0 Å². The van der Waals surface area contributed by atoms with Gasteiger partial charge in [-0.2, -0.15) is 4.31 Å². The average molecular weight is 423 g/mol. The number of hydrogen-bond acceptors (Lipinski definition) is 3. The molecule has 1 aromatic heterocycles. The number of rotatable bonds is 3. The Morgan fingerprint density at radius 3 is 2.22 bits per heavy atom. The second-order valence-corrected chi connectivity index (χ2v) is 9.21. The molecule has 0 spiro atoms. The van der Waals surface area contributed by atoms with Gasteiger partial charge in [-0.25, -0.2) is 13.4 Å². The molecular weight excluding hydrogens is 405 g/mol. The van der Waals surface area contributed by atoms with Crippen molar-refractivity contribution in [3.8, 4) is 0 Å². The van der Waals surface area contributed by atoms with Gasteiger partial charge in [-0.3, -0.25) is 0 Å². The van der Waals surface area contributed by atoms with Crippen LogP contribution in [-0.4, -0.2) is 38.9 Å². The van der Waals surface area contributed by atoms with Crippen molar-refractivity contribution in [2.24, 2.45) is 0 Å². The molecule has 0 bridgehead atoms. The third kappa shape index (κ3) is 3.62. The number of benzene rings is 2. The molecule has 2 aromatic carbocycles. The minimum atomic E-state index is -3.51. The maximum atomic E-state index is 12.8. The molecule has 2 heterocycles. The molecule has 140 valence electrons. The van der Waals surface area contributed by atoms with E-state index in [0.717, 1.165) is 16.6 Å². The molecule has 8 heteroatoms. The molecule has 0 atom stereocenters. The summed E-state index contributed by atoms with van der Waals surface area (Å²) in [6.45, 7) is 2.10. The summed E-state index contributed by atoms with van der Waals surface area (Å²) >= 11 is 11.9. The Morgan fingerprint density at radius 2 is 1.52 bits per heavy atom. The summed E-state index contributed by atoms with van der Waals surface area (Å²) in [5, 5.41) is 2.26.